The van der Waals surface area contributed by atoms with Gasteiger partial charge >= 0.3 is 0 Å². The van der Waals surface area contributed by atoms with E-state index in [-0.39, 0.29) is 18.0 Å². The van der Waals surface area contributed by atoms with Gasteiger partial charge in [0.05, 0.1) is 24.4 Å². The zero-order valence-electron chi connectivity index (χ0n) is 14.3. The first-order chi connectivity index (χ1) is 12.1. The smallest absolute Gasteiger partial charge is 0.269 e. The summed E-state index contributed by atoms with van der Waals surface area (Å²) in [6.45, 7) is 2.11. The molecule has 1 saturated carbocycles. The summed E-state index contributed by atoms with van der Waals surface area (Å²) >= 11 is 0. The van der Waals surface area contributed by atoms with Crippen LogP contribution in [0.25, 0.3) is 0 Å². The van der Waals surface area contributed by atoms with E-state index in [4.69, 9.17) is 0 Å². The Kier molecular flexibility index (Phi) is 4.30. The van der Waals surface area contributed by atoms with Gasteiger partial charge in [-0.25, -0.2) is 4.98 Å². The van der Waals surface area contributed by atoms with Crippen LogP contribution in [0.5, 0.6) is 0 Å². The summed E-state index contributed by atoms with van der Waals surface area (Å²) in [5.74, 6) is 1.11. The van der Waals surface area contributed by atoms with Crippen LogP contribution >= 0.6 is 0 Å². The van der Waals surface area contributed by atoms with E-state index in [9.17, 15) is 9.90 Å². The van der Waals surface area contributed by atoms with Gasteiger partial charge in [0.1, 0.15) is 11.5 Å². The summed E-state index contributed by atoms with van der Waals surface area (Å²) in [7, 11) is 2.13. The number of nitrogens with one attached hydrogen (secondary N) is 2. The van der Waals surface area contributed by atoms with Gasteiger partial charge in [-0.05, 0) is 45.5 Å². The molecule has 2 fully saturated rings. The maximum atomic E-state index is 12.5. The lowest BCUT2D eigenvalue weighted by atomic mass is 9.83. The van der Waals surface area contributed by atoms with Crippen molar-refractivity contribution < 1.29 is 9.90 Å². The van der Waals surface area contributed by atoms with Gasteiger partial charge in [-0.15, -0.1) is 0 Å². The Morgan fingerprint density at radius 2 is 2.20 bits per heavy atom. The first kappa shape index (κ1) is 16.3. The molecule has 1 saturated heterocycles. The largest absolute Gasteiger partial charge is 0.391 e. The number of nitrogens with zero attached hydrogens (tertiary/aromatic N) is 4. The van der Waals surface area contributed by atoms with Crippen molar-refractivity contribution in [3.63, 3.8) is 0 Å². The maximum Gasteiger partial charge on any atom is 0.269 e. The van der Waals surface area contributed by atoms with E-state index < -0.39 is 6.10 Å². The van der Waals surface area contributed by atoms with Crippen LogP contribution in [0.3, 0.4) is 0 Å². The minimum absolute atomic E-state index is 0.127. The highest BCUT2D eigenvalue weighted by molar-refractivity contribution is 5.92. The molecule has 0 spiro atoms. The van der Waals surface area contributed by atoms with Crippen molar-refractivity contribution in [1.82, 2.24) is 30.0 Å². The van der Waals surface area contributed by atoms with E-state index in [1.54, 1.807) is 23.3 Å². The maximum absolute atomic E-state index is 12.5. The number of imidazole rings is 1. The fourth-order valence-corrected chi connectivity index (χ4v) is 3.76. The van der Waals surface area contributed by atoms with Gasteiger partial charge in [-0.2, -0.15) is 5.10 Å². The normalized spacial score (nSPS) is 27.8. The number of aliphatic hydroxyl groups excluding tert-OH is 1. The van der Waals surface area contributed by atoms with Gasteiger partial charge in [0, 0.05) is 18.3 Å². The number of hydrogen-bond acceptors (Lipinski definition) is 5. The second-order valence-corrected chi connectivity index (χ2v) is 7.12. The number of carbonyl (C=O) groups is 1. The Labute approximate surface area is 146 Å². The molecule has 3 N–H and O–H groups in total. The number of aliphatic hydroxyl groups is 1. The molecule has 1 aliphatic heterocycles. The van der Waals surface area contributed by atoms with E-state index in [2.05, 4.69) is 32.3 Å². The molecule has 1 aliphatic carbocycles. The van der Waals surface area contributed by atoms with Crippen LogP contribution in [-0.4, -0.2) is 67.9 Å². The molecule has 8 heteroatoms. The average molecular weight is 344 g/mol. The first-order valence-corrected chi connectivity index (χ1v) is 8.83. The van der Waals surface area contributed by atoms with Crippen molar-refractivity contribution in [3.05, 3.63) is 36.2 Å². The average Bonchev–Trinajstić information content (AvgIpc) is 3.26. The molecular formula is C17H24N6O2. The third-order valence-electron chi connectivity index (χ3n) is 5.39. The fourth-order valence-electron chi connectivity index (χ4n) is 3.76. The summed E-state index contributed by atoms with van der Waals surface area (Å²) in [5, 5.41) is 17.1. The number of H-pyrrole nitrogens is 1. The number of amides is 1. The van der Waals surface area contributed by atoms with Crippen molar-refractivity contribution in [2.75, 3.05) is 20.1 Å². The third kappa shape index (κ3) is 3.19. The van der Waals surface area contributed by atoms with Crippen LogP contribution in [0.15, 0.2) is 24.7 Å². The van der Waals surface area contributed by atoms with E-state index in [1.807, 2.05) is 6.07 Å². The zero-order chi connectivity index (χ0) is 17.4. The van der Waals surface area contributed by atoms with Gasteiger partial charge < -0.3 is 20.3 Å². The van der Waals surface area contributed by atoms with Crippen molar-refractivity contribution in [3.8, 4) is 0 Å². The topological polar surface area (TPSA) is 99.1 Å². The molecular weight excluding hydrogens is 320 g/mol. The minimum Gasteiger partial charge on any atom is -0.391 e. The number of hydrogen-bond donors (Lipinski definition) is 3. The molecule has 0 bridgehead atoms. The van der Waals surface area contributed by atoms with Crippen LogP contribution in [0.4, 0.5) is 0 Å². The summed E-state index contributed by atoms with van der Waals surface area (Å²) in [5.41, 5.74) is 0.481. The molecule has 2 aliphatic rings. The summed E-state index contributed by atoms with van der Waals surface area (Å²) in [4.78, 5) is 22.4. The molecule has 2 aromatic rings. The molecule has 4 rings (SSSR count). The van der Waals surface area contributed by atoms with E-state index in [0.717, 1.165) is 31.8 Å². The number of carbonyl (C=O) groups excluding carboxylic acids is 1. The predicted molar refractivity (Wildman–Crippen MR) is 91.2 cm³/mol. The summed E-state index contributed by atoms with van der Waals surface area (Å²) in [6.07, 6.45) is 7.25. The standard InChI is InChI=1S/C17H24N6O2/c1-22-7-3-11(4-8-22)16-18-10-13(20-16)17(25)21-12-9-14(24)15(12)23-6-2-5-19-23/h2,5-6,10-12,14-15,24H,3-4,7-9H2,1H3,(H,18,20)(H,21,25)/t12-,14+,15+/m1/s1. The van der Waals surface area contributed by atoms with Crippen molar-refractivity contribution in [2.45, 2.75) is 43.4 Å². The molecule has 3 atom stereocenters. The minimum atomic E-state index is -0.484. The van der Waals surface area contributed by atoms with Crippen LogP contribution in [0, 0.1) is 0 Å². The van der Waals surface area contributed by atoms with Gasteiger partial charge in [0.2, 0.25) is 0 Å². The number of rotatable bonds is 4. The van der Waals surface area contributed by atoms with Gasteiger partial charge in [-0.3, -0.25) is 9.48 Å². The van der Waals surface area contributed by atoms with Crippen molar-refractivity contribution in [2.24, 2.45) is 0 Å². The number of aromatic amines is 1. The Morgan fingerprint density at radius 3 is 2.88 bits per heavy atom. The highest BCUT2D eigenvalue weighted by Gasteiger charge is 2.42. The van der Waals surface area contributed by atoms with Crippen LogP contribution < -0.4 is 5.32 Å². The second kappa shape index (κ2) is 6.61. The van der Waals surface area contributed by atoms with E-state index in [0.29, 0.717) is 18.0 Å². The molecule has 2 aromatic heterocycles. The predicted octanol–water partition coefficient (Wildman–Crippen LogP) is 0.520. The van der Waals surface area contributed by atoms with Crippen LogP contribution in [0.2, 0.25) is 0 Å². The number of piperidine rings is 1. The zero-order valence-corrected chi connectivity index (χ0v) is 14.3. The van der Waals surface area contributed by atoms with Gasteiger partial charge in [-0.1, -0.05) is 0 Å². The highest BCUT2D eigenvalue weighted by Crippen LogP contribution is 2.32. The monoisotopic (exact) mass is 344 g/mol. The molecule has 0 unspecified atom stereocenters. The quantitative estimate of drug-likeness (QED) is 0.751. The Bertz CT molecular complexity index is 719. The van der Waals surface area contributed by atoms with Crippen molar-refractivity contribution >= 4 is 5.91 Å². The third-order valence-corrected chi connectivity index (χ3v) is 5.39. The van der Waals surface area contributed by atoms with Crippen molar-refractivity contribution in [1.29, 1.82) is 0 Å². The summed E-state index contributed by atoms with van der Waals surface area (Å²) < 4.78 is 1.70. The van der Waals surface area contributed by atoms with Crippen LogP contribution in [-0.2, 0) is 0 Å². The van der Waals surface area contributed by atoms with E-state index in [1.165, 1.54) is 0 Å². The Balaban J connectivity index is 1.39. The lowest BCUT2D eigenvalue weighted by molar-refractivity contribution is -0.00595. The molecule has 1 amide bonds. The lowest BCUT2D eigenvalue weighted by Crippen LogP contribution is -2.56. The molecule has 134 valence electrons. The second-order valence-electron chi connectivity index (χ2n) is 7.12. The SMILES string of the molecule is CN1CCC(c2ncc(C(=O)N[C@@H]3C[C@H](O)[C@H]3n3cccn3)[nH]2)CC1. The van der Waals surface area contributed by atoms with Gasteiger partial charge in [0.15, 0.2) is 0 Å². The molecule has 0 radical (unpaired) electrons. The summed E-state index contributed by atoms with van der Waals surface area (Å²) in [6, 6.07) is 1.47. The molecule has 0 aromatic carbocycles. The van der Waals surface area contributed by atoms with Crippen LogP contribution in [0.1, 0.15) is 47.5 Å². The lowest BCUT2D eigenvalue weighted by Gasteiger charge is -2.41. The molecule has 8 nitrogen and oxygen atoms in total. The Hall–Kier alpha value is -2.19. The highest BCUT2D eigenvalue weighted by atomic mass is 16.3. The van der Waals surface area contributed by atoms with Gasteiger partial charge in [0.25, 0.3) is 5.91 Å². The number of likely N-dealkylation sites (tertiary alicyclic amines) is 1. The fraction of sp³-hybridized carbons (Fsp3) is 0.588. The number of aromatic nitrogens is 4. The Morgan fingerprint density at radius 1 is 1.40 bits per heavy atom. The first-order valence-electron chi connectivity index (χ1n) is 8.83. The molecule has 3 heterocycles. The molecule has 25 heavy (non-hydrogen) atoms. The van der Waals surface area contributed by atoms with E-state index >= 15 is 0 Å².